The summed E-state index contributed by atoms with van der Waals surface area (Å²) in [4.78, 5) is 10.6. The van der Waals surface area contributed by atoms with E-state index in [9.17, 15) is 4.79 Å². The number of terminal acetylenes is 1. The zero-order chi connectivity index (χ0) is 7.82. The van der Waals surface area contributed by atoms with Gasteiger partial charge in [0.1, 0.15) is 6.61 Å². The summed E-state index contributed by atoms with van der Waals surface area (Å²) in [6.45, 7) is 0.628. The summed E-state index contributed by atoms with van der Waals surface area (Å²) in [7, 11) is 1.47. The van der Waals surface area contributed by atoms with E-state index in [0.717, 1.165) is 0 Å². The second kappa shape index (κ2) is 6.12. The van der Waals surface area contributed by atoms with Gasteiger partial charge in [0, 0.05) is 20.1 Å². The lowest BCUT2D eigenvalue weighted by atomic mass is 10.4. The van der Waals surface area contributed by atoms with Gasteiger partial charge >= 0.3 is 0 Å². The number of amides is 1. The molecule has 1 amide bonds. The first kappa shape index (κ1) is 8.99. The average Bonchev–Trinajstić information content (AvgIpc) is 1.89. The average molecular weight is 141 g/mol. The van der Waals surface area contributed by atoms with Crippen molar-refractivity contribution < 1.29 is 9.53 Å². The Hall–Kier alpha value is -1.01. The largest absolute Gasteiger partial charge is 0.375 e. The summed E-state index contributed by atoms with van der Waals surface area (Å²) in [5.41, 5.74) is 0. The minimum absolute atomic E-state index is 0.102. The van der Waals surface area contributed by atoms with Crippen molar-refractivity contribution in [2.45, 2.75) is 6.42 Å². The van der Waals surface area contributed by atoms with Crippen LogP contribution >= 0.6 is 0 Å². The molecule has 0 unspecified atom stereocenters. The van der Waals surface area contributed by atoms with E-state index in [4.69, 9.17) is 6.42 Å². The molecule has 1 N–H and O–H groups in total. The maximum atomic E-state index is 10.6. The molecule has 3 heteroatoms. The highest BCUT2D eigenvalue weighted by Gasteiger charge is 1.95. The lowest BCUT2D eigenvalue weighted by Crippen LogP contribution is -2.27. The van der Waals surface area contributed by atoms with E-state index in [1.54, 1.807) is 0 Å². The monoisotopic (exact) mass is 141 g/mol. The van der Waals surface area contributed by atoms with Crippen LogP contribution in [0.15, 0.2) is 0 Å². The fourth-order valence-electron chi connectivity index (χ4n) is 0.456. The zero-order valence-electron chi connectivity index (χ0n) is 6.02. The molecule has 0 aliphatic heterocycles. The van der Waals surface area contributed by atoms with Crippen LogP contribution in [0.4, 0.5) is 0 Å². The molecule has 0 rings (SSSR count). The van der Waals surface area contributed by atoms with Gasteiger partial charge in [-0.2, -0.15) is 0 Å². The van der Waals surface area contributed by atoms with E-state index in [1.807, 2.05) is 0 Å². The molecule has 0 saturated carbocycles. The summed E-state index contributed by atoms with van der Waals surface area (Å²) < 4.78 is 4.57. The van der Waals surface area contributed by atoms with Gasteiger partial charge < -0.3 is 10.1 Å². The second-order valence-corrected chi connectivity index (χ2v) is 1.74. The number of hydrogen-bond donors (Lipinski definition) is 1. The molecule has 0 aliphatic rings. The van der Waals surface area contributed by atoms with Crippen LogP contribution in [0, 0.1) is 12.3 Å². The van der Waals surface area contributed by atoms with Gasteiger partial charge in [0.05, 0.1) is 0 Å². The third-order valence-corrected chi connectivity index (χ3v) is 0.867. The maximum absolute atomic E-state index is 10.6. The van der Waals surface area contributed by atoms with Gasteiger partial charge in [-0.3, -0.25) is 4.79 Å². The molecule has 0 fully saturated rings. The molecule has 3 nitrogen and oxygen atoms in total. The highest BCUT2D eigenvalue weighted by molar-refractivity contribution is 5.77. The van der Waals surface area contributed by atoms with Crippen LogP contribution in [-0.4, -0.2) is 26.2 Å². The first-order valence-electron chi connectivity index (χ1n) is 3.00. The molecular weight excluding hydrogens is 130 g/mol. The normalized spacial score (nSPS) is 8.40. The summed E-state index contributed by atoms with van der Waals surface area (Å²) >= 11 is 0. The number of hydrogen-bond acceptors (Lipinski definition) is 2. The Bertz CT molecular complexity index is 137. The quantitative estimate of drug-likeness (QED) is 0.434. The van der Waals surface area contributed by atoms with Crippen molar-refractivity contribution in [1.82, 2.24) is 5.32 Å². The molecule has 0 saturated heterocycles. The van der Waals surface area contributed by atoms with Crippen molar-refractivity contribution in [2.75, 3.05) is 20.3 Å². The number of carbonyl (C=O) groups is 1. The summed E-state index contributed by atoms with van der Waals surface area (Å²) in [6.07, 6.45) is 5.52. The first-order chi connectivity index (χ1) is 4.81. The lowest BCUT2D eigenvalue weighted by Gasteiger charge is -1.99. The Balaban J connectivity index is 3.15. The van der Waals surface area contributed by atoms with Gasteiger partial charge in [-0.05, 0) is 0 Å². The fourth-order valence-corrected chi connectivity index (χ4v) is 0.456. The van der Waals surface area contributed by atoms with Gasteiger partial charge in [-0.25, -0.2) is 0 Å². The van der Waals surface area contributed by atoms with E-state index < -0.39 is 0 Å². The van der Waals surface area contributed by atoms with Crippen molar-refractivity contribution in [3.05, 3.63) is 0 Å². The smallest absolute Gasteiger partial charge is 0.246 e. The van der Waals surface area contributed by atoms with Crippen molar-refractivity contribution in [1.29, 1.82) is 0 Å². The molecule has 0 spiro atoms. The minimum Gasteiger partial charge on any atom is -0.375 e. The van der Waals surface area contributed by atoms with E-state index in [0.29, 0.717) is 13.0 Å². The molecule has 0 aromatic carbocycles. The third-order valence-electron chi connectivity index (χ3n) is 0.867. The molecule has 0 radical (unpaired) electrons. The molecule has 0 aliphatic carbocycles. The maximum Gasteiger partial charge on any atom is 0.246 e. The molecule has 56 valence electrons. The van der Waals surface area contributed by atoms with Crippen LogP contribution in [-0.2, 0) is 9.53 Å². The SMILES string of the molecule is C#CCCNC(=O)COC. The fraction of sp³-hybridized carbons (Fsp3) is 0.571. The van der Waals surface area contributed by atoms with Gasteiger partial charge in [0.25, 0.3) is 0 Å². The Morgan fingerprint density at radius 3 is 3.00 bits per heavy atom. The van der Waals surface area contributed by atoms with Crippen molar-refractivity contribution in [3.8, 4) is 12.3 Å². The third kappa shape index (κ3) is 5.13. The predicted octanol–water partition coefficient (Wildman–Crippen LogP) is -0.228. The summed E-state index contributed by atoms with van der Waals surface area (Å²) in [5.74, 6) is 2.28. The minimum atomic E-state index is -0.127. The molecule has 0 aromatic heterocycles. The van der Waals surface area contributed by atoms with Crippen molar-refractivity contribution in [3.63, 3.8) is 0 Å². The predicted molar refractivity (Wildman–Crippen MR) is 38.3 cm³/mol. The summed E-state index contributed by atoms with van der Waals surface area (Å²) in [6, 6.07) is 0. The van der Waals surface area contributed by atoms with E-state index >= 15 is 0 Å². The molecule has 0 atom stereocenters. The number of carbonyl (C=O) groups excluding carboxylic acids is 1. The van der Waals surface area contributed by atoms with Crippen molar-refractivity contribution in [2.24, 2.45) is 0 Å². The Morgan fingerprint density at radius 1 is 1.80 bits per heavy atom. The number of ether oxygens (including phenoxy) is 1. The highest BCUT2D eigenvalue weighted by atomic mass is 16.5. The van der Waals surface area contributed by atoms with Crippen LogP contribution in [0.2, 0.25) is 0 Å². The summed E-state index contributed by atoms with van der Waals surface area (Å²) in [5, 5.41) is 2.58. The second-order valence-electron chi connectivity index (χ2n) is 1.74. The molecule has 0 bridgehead atoms. The molecule has 0 heterocycles. The Morgan fingerprint density at radius 2 is 2.50 bits per heavy atom. The standard InChI is InChI=1S/C7H11NO2/c1-3-4-5-8-7(9)6-10-2/h1H,4-6H2,2H3,(H,8,9). The van der Waals surface area contributed by atoms with E-state index in [2.05, 4.69) is 16.0 Å². The lowest BCUT2D eigenvalue weighted by molar-refractivity contribution is -0.124. The van der Waals surface area contributed by atoms with Crippen LogP contribution in [0.5, 0.6) is 0 Å². The topological polar surface area (TPSA) is 38.3 Å². The number of methoxy groups -OCH3 is 1. The first-order valence-corrected chi connectivity index (χ1v) is 3.00. The number of nitrogens with one attached hydrogen (secondary N) is 1. The van der Waals surface area contributed by atoms with Crippen LogP contribution in [0.25, 0.3) is 0 Å². The molecular formula is C7H11NO2. The van der Waals surface area contributed by atoms with Crippen LogP contribution in [0.1, 0.15) is 6.42 Å². The Labute approximate surface area is 60.8 Å². The van der Waals surface area contributed by atoms with Crippen LogP contribution in [0.3, 0.4) is 0 Å². The van der Waals surface area contributed by atoms with Gasteiger partial charge in [-0.15, -0.1) is 12.3 Å². The van der Waals surface area contributed by atoms with Crippen LogP contribution < -0.4 is 5.32 Å². The molecule has 0 aromatic rings. The zero-order valence-corrected chi connectivity index (χ0v) is 6.02. The number of rotatable bonds is 4. The molecule has 10 heavy (non-hydrogen) atoms. The van der Waals surface area contributed by atoms with Crippen molar-refractivity contribution >= 4 is 5.91 Å². The van der Waals surface area contributed by atoms with Gasteiger partial charge in [0.15, 0.2) is 0 Å². The van der Waals surface area contributed by atoms with E-state index in [1.165, 1.54) is 7.11 Å². The Kier molecular flexibility index (Phi) is 5.50. The van der Waals surface area contributed by atoms with Gasteiger partial charge in [0.2, 0.25) is 5.91 Å². The van der Waals surface area contributed by atoms with Gasteiger partial charge in [-0.1, -0.05) is 0 Å². The van der Waals surface area contributed by atoms with E-state index in [-0.39, 0.29) is 12.5 Å². The highest BCUT2D eigenvalue weighted by Crippen LogP contribution is 1.72.